The van der Waals surface area contributed by atoms with E-state index in [1.54, 1.807) is 7.11 Å². The van der Waals surface area contributed by atoms with E-state index in [-0.39, 0.29) is 12.1 Å². The second-order valence-corrected chi connectivity index (χ2v) is 6.94. The predicted molar refractivity (Wildman–Crippen MR) is 84.6 cm³/mol. The molecule has 1 aromatic carbocycles. The van der Waals surface area contributed by atoms with Gasteiger partial charge in [-0.3, -0.25) is 4.90 Å². The Morgan fingerprint density at radius 3 is 2.67 bits per heavy atom. The van der Waals surface area contributed by atoms with Gasteiger partial charge in [-0.2, -0.15) is 0 Å². The van der Waals surface area contributed by atoms with Crippen molar-refractivity contribution in [2.24, 2.45) is 5.92 Å². The highest BCUT2D eigenvalue weighted by atomic mass is 16.5. The van der Waals surface area contributed by atoms with Gasteiger partial charge >= 0.3 is 0 Å². The van der Waals surface area contributed by atoms with Crippen molar-refractivity contribution in [2.75, 3.05) is 13.7 Å². The predicted octanol–water partition coefficient (Wildman–Crippen LogP) is 3.16. The van der Waals surface area contributed by atoms with Gasteiger partial charge in [-0.25, -0.2) is 0 Å². The molecule has 0 aromatic heterocycles. The van der Waals surface area contributed by atoms with Gasteiger partial charge < -0.3 is 9.84 Å². The lowest BCUT2D eigenvalue weighted by Gasteiger charge is -2.39. The molecule has 1 fully saturated rings. The highest BCUT2D eigenvalue weighted by Gasteiger charge is 2.39. The van der Waals surface area contributed by atoms with Gasteiger partial charge in [0.05, 0.1) is 13.2 Å². The van der Waals surface area contributed by atoms with Gasteiger partial charge in [-0.05, 0) is 54.9 Å². The van der Waals surface area contributed by atoms with Gasteiger partial charge in [0.15, 0.2) is 0 Å². The lowest BCUT2D eigenvalue weighted by Crippen LogP contribution is -2.45. The van der Waals surface area contributed by atoms with Gasteiger partial charge in [-0.1, -0.05) is 19.9 Å². The van der Waals surface area contributed by atoms with Crippen LogP contribution in [0, 0.1) is 5.92 Å². The Morgan fingerprint density at radius 2 is 2.05 bits per heavy atom. The first-order valence-corrected chi connectivity index (χ1v) is 8.20. The molecule has 2 unspecified atom stereocenters. The number of fused-ring (bicyclic) bond motifs is 1. The summed E-state index contributed by atoms with van der Waals surface area (Å²) in [5.74, 6) is 1.49. The van der Waals surface area contributed by atoms with Crippen LogP contribution in [0.2, 0.25) is 0 Å². The zero-order valence-corrected chi connectivity index (χ0v) is 13.4. The summed E-state index contributed by atoms with van der Waals surface area (Å²) in [6.07, 6.45) is 4.32. The first-order chi connectivity index (χ1) is 10.1. The van der Waals surface area contributed by atoms with E-state index in [4.69, 9.17) is 4.74 Å². The third kappa shape index (κ3) is 3.09. The number of methoxy groups -OCH3 is 1. The lowest BCUT2D eigenvalue weighted by atomic mass is 9.84. The van der Waals surface area contributed by atoms with Crippen molar-refractivity contribution >= 4 is 0 Å². The maximum Gasteiger partial charge on any atom is 0.119 e. The first-order valence-electron chi connectivity index (χ1n) is 8.20. The molecule has 3 heteroatoms. The van der Waals surface area contributed by atoms with Gasteiger partial charge in [-0.15, -0.1) is 0 Å². The van der Waals surface area contributed by atoms with Crippen molar-refractivity contribution in [1.29, 1.82) is 0 Å². The normalized spacial score (nSPS) is 25.2. The number of ether oxygens (including phenoxy) is 1. The highest BCUT2D eigenvalue weighted by Crippen LogP contribution is 2.39. The van der Waals surface area contributed by atoms with Crippen LogP contribution < -0.4 is 4.74 Å². The Labute approximate surface area is 127 Å². The number of aryl methyl sites for hydroxylation is 1. The van der Waals surface area contributed by atoms with Crippen LogP contribution >= 0.6 is 0 Å². The van der Waals surface area contributed by atoms with E-state index in [1.807, 2.05) is 12.1 Å². The highest BCUT2D eigenvalue weighted by molar-refractivity contribution is 5.39. The minimum atomic E-state index is -0.386. The lowest BCUT2D eigenvalue weighted by molar-refractivity contribution is 0.0248. The van der Waals surface area contributed by atoms with Crippen molar-refractivity contribution in [1.82, 2.24) is 4.90 Å². The Balaban J connectivity index is 1.84. The van der Waals surface area contributed by atoms with E-state index in [0.29, 0.717) is 12.0 Å². The average molecular weight is 289 g/mol. The monoisotopic (exact) mass is 289 g/mol. The summed E-state index contributed by atoms with van der Waals surface area (Å²) in [7, 11) is 1.68. The minimum Gasteiger partial charge on any atom is -0.497 e. The quantitative estimate of drug-likeness (QED) is 0.904. The Morgan fingerprint density at radius 1 is 1.29 bits per heavy atom. The number of hydrogen-bond acceptors (Lipinski definition) is 3. The van der Waals surface area contributed by atoms with E-state index >= 15 is 0 Å². The molecular formula is C18H27NO2. The SMILES string of the molecule is COc1ccc2c(c1)C(O)C(N(CC(C)C)C1CC1)CC2. The van der Waals surface area contributed by atoms with Crippen molar-refractivity contribution in [3.8, 4) is 5.75 Å². The third-order valence-corrected chi connectivity index (χ3v) is 4.76. The van der Waals surface area contributed by atoms with Crippen LogP contribution in [0.15, 0.2) is 18.2 Å². The molecule has 0 heterocycles. The number of nitrogens with zero attached hydrogens (tertiary/aromatic N) is 1. The van der Waals surface area contributed by atoms with Gasteiger partial charge in [0, 0.05) is 18.6 Å². The van der Waals surface area contributed by atoms with E-state index < -0.39 is 0 Å². The summed E-state index contributed by atoms with van der Waals surface area (Å²) in [5.41, 5.74) is 2.35. The Bertz CT molecular complexity index is 496. The van der Waals surface area contributed by atoms with Crippen molar-refractivity contribution in [3.63, 3.8) is 0 Å². The van der Waals surface area contributed by atoms with Crippen LogP contribution in [-0.2, 0) is 6.42 Å². The van der Waals surface area contributed by atoms with Crippen LogP contribution in [0.3, 0.4) is 0 Å². The van der Waals surface area contributed by atoms with E-state index in [1.165, 1.54) is 18.4 Å². The van der Waals surface area contributed by atoms with Gasteiger partial charge in [0.25, 0.3) is 0 Å². The van der Waals surface area contributed by atoms with Gasteiger partial charge in [0.2, 0.25) is 0 Å². The summed E-state index contributed by atoms with van der Waals surface area (Å²) in [6.45, 7) is 5.62. The molecule has 2 aliphatic rings. The molecule has 0 radical (unpaired) electrons. The van der Waals surface area contributed by atoms with Crippen molar-refractivity contribution < 1.29 is 9.84 Å². The number of hydrogen-bond donors (Lipinski definition) is 1. The van der Waals surface area contributed by atoms with Crippen molar-refractivity contribution in [2.45, 2.75) is 57.7 Å². The van der Waals surface area contributed by atoms with Gasteiger partial charge in [0.1, 0.15) is 5.75 Å². The molecule has 0 spiro atoms. The van der Waals surface area contributed by atoms with Crippen LogP contribution in [0.25, 0.3) is 0 Å². The first kappa shape index (κ1) is 14.9. The summed E-state index contributed by atoms with van der Waals surface area (Å²) < 4.78 is 5.32. The number of rotatable bonds is 5. The molecule has 2 atom stereocenters. The number of aliphatic hydroxyl groups is 1. The van der Waals surface area contributed by atoms with Crippen LogP contribution in [-0.4, -0.2) is 35.7 Å². The molecular weight excluding hydrogens is 262 g/mol. The Hall–Kier alpha value is -1.06. The van der Waals surface area contributed by atoms with E-state index in [9.17, 15) is 5.11 Å². The van der Waals surface area contributed by atoms with Crippen LogP contribution in [0.5, 0.6) is 5.75 Å². The summed E-state index contributed by atoms with van der Waals surface area (Å²) in [4.78, 5) is 2.57. The zero-order chi connectivity index (χ0) is 15.0. The molecule has 2 aliphatic carbocycles. The smallest absolute Gasteiger partial charge is 0.119 e. The average Bonchev–Trinajstić information content (AvgIpc) is 3.30. The molecule has 116 valence electrons. The molecule has 0 saturated heterocycles. The molecule has 1 aromatic rings. The van der Waals surface area contributed by atoms with Crippen LogP contribution in [0.4, 0.5) is 0 Å². The summed E-state index contributed by atoms with van der Waals surface area (Å²) >= 11 is 0. The van der Waals surface area contributed by atoms with Crippen LogP contribution in [0.1, 0.15) is 50.3 Å². The molecule has 21 heavy (non-hydrogen) atoms. The molecule has 1 saturated carbocycles. The zero-order valence-electron chi connectivity index (χ0n) is 13.4. The fraction of sp³-hybridized carbons (Fsp3) is 0.667. The molecule has 0 aliphatic heterocycles. The second-order valence-electron chi connectivity index (χ2n) is 6.94. The fourth-order valence-corrected chi connectivity index (χ4v) is 3.60. The Kier molecular flexibility index (Phi) is 4.23. The topological polar surface area (TPSA) is 32.7 Å². The molecule has 3 rings (SSSR count). The summed E-state index contributed by atoms with van der Waals surface area (Å²) in [6, 6.07) is 7.08. The second kappa shape index (κ2) is 5.98. The minimum absolute atomic E-state index is 0.263. The van der Waals surface area contributed by atoms with E-state index in [2.05, 4.69) is 24.8 Å². The standard InChI is InChI=1S/C18H27NO2/c1-12(2)11-19(14-6-7-14)17-9-5-13-4-8-15(21-3)10-16(13)18(17)20/h4,8,10,12,14,17-18,20H,5-7,9,11H2,1-3H3. The fourth-order valence-electron chi connectivity index (χ4n) is 3.60. The van der Waals surface area contributed by atoms with E-state index in [0.717, 1.165) is 30.7 Å². The maximum atomic E-state index is 10.9. The molecule has 1 N–H and O–H groups in total. The molecule has 3 nitrogen and oxygen atoms in total. The number of aliphatic hydroxyl groups excluding tert-OH is 1. The third-order valence-electron chi connectivity index (χ3n) is 4.76. The number of benzene rings is 1. The maximum absolute atomic E-state index is 10.9. The largest absolute Gasteiger partial charge is 0.497 e. The van der Waals surface area contributed by atoms with Crippen molar-refractivity contribution in [3.05, 3.63) is 29.3 Å². The molecule has 0 amide bonds. The summed E-state index contributed by atoms with van der Waals surface area (Å²) in [5, 5.41) is 10.9. The molecule has 0 bridgehead atoms.